The molecule has 2 N–H and O–H groups in total. The van der Waals surface area contributed by atoms with Gasteiger partial charge in [-0.15, -0.1) is 0 Å². The molecule has 66 valence electrons. The SMILES string of the molecule is OC(CNC1CC1)c1ccoc1. The summed E-state index contributed by atoms with van der Waals surface area (Å²) in [5.41, 5.74) is 0.850. The number of nitrogens with one attached hydrogen (secondary N) is 1. The topological polar surface area (TPSA) is 45.4 Å². The maximum Gasteiger partial charge on any atom is 0.0961 e. The predicted octanol–water partition coefficient (Wildman–Crippen LogP) is 1.07. The summed E-state index contributed by atoms with van der Waals surface area (Å²) in [6.07, 6.45) is 5.23. The van der Waals surface area contributed by atoms with Crippen LogP contribution in [0.5, 0.6) is 0 Å². The van der Waals surface area contributed by atoms with Crippen LogP contribution in [0.2, 0.25) is 0 Å². The lowest BCUT2D eigenvalue weighted by molar-refractivity contribution is 0.173. The first kappa shape index (κ1) is 7.83. The van der Waals surface area contributed by atoms with Crippen LogP contribution in [0.3, 0.4) is 0 Å². The van der Waals surface area contributed by atoms with Gasteiger partial charge in [0.05, 0.1) is 18.6 Å². The molecule has 1 saturated carbocycles. The van der Waals surface area contributed by atoms with Gasteiger partial charge in [-0.1, -0.05) is 0 Å². The molecule has 0 amide bonds. The van der Waals surface area contributed by atoms with E-state index in [4.69, 9.17) is 4.42 Å². The van der Waals surface area contributed by atoms with Gasteiger partial charge in [-0.05, 0) is 18.9 Å². The predicted molar refractivity (Wildman–Crippen MR) is 44.7 cm³/mol. The van der Waals surface area contributed by atoms with Crippen LogP contribution in [0.1, 0.15) is 24.5 Å². The quantitative estimate of drug-likeness (QED) is 0.705. The number of aliphatic hydroxyl groups is 1. The molecule has 3 heteroatoms. The minimum atomic E-state index is -0.427. The average molecular weight is 167 g/mol. The Morgan fingerprint density at radius 3 is 3.08 bits per heavy atom. The van der Waals surface area contributed by atoms with E-state index in [2.05, 4.69) is 5.32 Å². The van der Waals surface area contributed by atoms with Gasteiger partial charge < -0.3 is 14.8 Å². The van der Waals surface area contributed by atoms with Crippen molar-refractivity contribution in [2.24, 2.45) is 0 Å². The summed E-state index contributed by atoms with van der Waals surface area (Å²) < 4.78 is 4.87. The van der Waals surface area contributed by atoms with Crippen LogP contribution in [0.15, 0.2) is 23.0 Å². The Morgan fingerprint density at radius 2 is 2.50 bits per heavy atom. The lowest BCUT2D eigenvalue weighted by Gasteiger charge is -2.08. The first-order valence-corrected chi connectivity index (χ1v) is 4.30. The monoisotopic (exact) mass is 167 g/mol. The van der Waals surface area contributed by atoms with E-state index >= 15 is 0 Å². The van der Waals surface area contributed by atoms with Crippen molar-refractivity contribution in [2.75, 3.05) is 6.54 Å². The third kappa shape index (κ3) is 1.87. The molecule has 1 fully saturated rings. The highest BCUT2D eigenvalue weighted by Crippen LogP contribution is 2.20. The second-order valence-corrected chi connectivity index (χ2v) is 3.26. The fourth-order valence-corrected chi connectivity index (χ4v) is 1.15. The number of hydrogen-bond acceptors (Lipinski definition) is 3. The lowest BCUT2D eigenvalue weighted by Crippen LogP contribution is -2.22. The minimum absolute atomic E-state index is 0.427. The van der Waals surface area contributed by atoms with Crippen LogP contribution >= 0.6 is 0 Å². The molecule has 1 unspecified atom stereocenters. The van der Waals surface area contributed by atoms with Crippen LogP contribution in [0.25, 0.3) is 0 Å². The molecule has 0 aromatic carbocycles. The van der Waals surface area contributed by atoms with Crippen molar-refractivity contribution in [3.63, 3.8) is 0 Å². The molecule has 12 heavy (non-hydrogen) atoms. The van der Waals surface area contributed by atoms with Crippen LogP contribution in [-0.4, -0.2) is 17.7 Å². The standard InChI is InChI=1S/C9H13NO2/c11-9(5-10-8-1-2-8)7-3-4-12-6-7/h3-4,6,8-11H,1-2,5H2. The van der Waals surface area contributed by atoms with E-state index in [0.717, 1.165) is 5.56 Å². The van der Waals surface area contributed by atoms with Crippen molar-refractivity contribution >= 4 is 0 Å². The van der Waals surface area contributed by atoms with Crippen molar-refractivity contribution in [3.8, 4) is 0 Å². The second kappa shape index (κ2) is 3.29. The Morgan fingerprint density at radius 1 is 1.67 bits per heavy atom. The molecule has 2 rings (SSSR count). The minimum Gasteiger partial charge on any atom is -0.472 e. The summed E-state index contributed by atoms with van der Waals surface area (Å²) in [6.45, 7) is 0.629. The van der Waals surface area contributed by atoms with Crippen molar-refractivity contribution in [3.05, 3.63) is 24.2 Å². The number of hydrogen-bond donors (Lipinski definition) is 2. The zero-order valence-electron chi connectivity index (χ0n) is 6.86. The number of furan rings is 1. The third-order valence-corrected chi connectivity index (χ3v) is 2.11. The van der Waals surface area contributed by atoms with E-state index < -0.39 is 6.10 Å². The highest BCUT2D eigenvalue weighted by Gasteiger charge is 2.21. The van der Waals surface area contributed by atoms with Gasteiger partial charge in [-0.3, -0.25) is 0 Å². The molecular weight excluding hydrogens is 154 g/mol. The van der Waals surface area contributed by atoms with Crippen LogP contribution < -0.4 is 5.32 Å². The van der Waals surface area contributed by atoms with Gasteiger partial charge in [0, 0.05) is 18.2 Å². The zero-order valence-corrected chi connectivity index (χ0v) is 6.86. The first-order chi connectivity index (χ1) is 5.86. The second-order valence-electron chi connectivity index (χ2n) is 3.26. The van der Waals surface area contributed by atoms with Gasteiger partial charge in [0.1, 0.15) is 0 Å². The van der Waals surface area contributed by atoms with Crippen molar-refractivity contribution in [1.82, 2.24) is 5.32 Å². The normalized spacial score (nSPS) is 19.4. The molecule has 1 aliphatic rings. The van der Waals surface area contributed by atoms with Crippen molar-refractivity contribution < 1.29 is 9.52 Å². The highest BCUT2D eigenvalue weighted by molar-refractivity contribution is 5.09. The molecule has 1 heterocycles. The fraction of sp³-hybridized carbons (Fsp3) is 0.556. The van der Waals surface area contributed by atoms with E-state index in [-0.39, 0.29) is 0 Å². The van der Waals surface area contributed by atoms with Gasteiger partial charge in [-0.2, -0.15) is 0 Å². The largest absolute Gasteiger partial charge is 0.472 e. The molecule has 1 atom stereocenters. The molecule has 0 spiro atoms. The maximum atomic E-state index is 9.56. The van der Waals surface area contributed by atoms with Crippen LogP contribution in [-0.2, 0) is 0 Å². The summed E-state index contributed by atoms with van der Waals surface area (Å²) in [7, 11) is 0. The van der Waals surface area contributed by atoms with Crippen LogP contribution in [0, 0.1) is 0 Å². The Kier molecular flexibility index (Phi) is 2.15. The maximum absolute atomic E-state index is 9.56. The molecule has 0 aliphatic heterocycles. The summed E-state index contributed by atoms with van der Waals surface area (Å²) >= 11 is 0. The van der Waals surface area contributed by atoms with Crippen LogP contribution in [0.4, 0.5) is 0 Å². The van der Waals surface area contributed by atoms with Gasteiger partial charge in [0.2, 0.25) is 0 Å². The zero-order chi connectivity index (χ0) is 8.39. The van der Waals surface area contributed by atoms with E-state index in [9.17, 15) is 5.11 Å². The molecule has 1 aliphatic carbocycles. The van der Waals surface area contributed by atoms with Gasteiger partial charge >= 0.3 is 0 Å². The Balaban J connectivity index is 1.79. The lowest BCUT2D eigenvalue weighted by atomic mass is 10.2. The smallest absolute Gasteiger partial charge is 0.0961 e. The molecule has 1 aromatic heterocycles. The highest BCUT2D eigenvalue weighted by atomic mass is 16.3. The summed E-state index contributed by atoms with van der Waals surface area (Å²) in [6, 6.07) is 2.44. The summed E-state index contributed by atoms with van der Waals surface area (Å²) in [5, 5.41) is 12.8. The van der Waals surface area contributed by atoms with Gasteiger partial charge in [0.25, 0.3) is 0 Å². The van der Waals surface area contributed by atoms with Gasteiger partial charge in [0.15, 0.2) is 0 Å². The molecule has 0 bridgehead atoms. The Hall–Kier alpha value is -0.800. The van der Waals surface area contributed by atoms with Gasteiger partial charge in [-0.25, -0.2) is 0 Å². The molecule has 0 saturated heterocycles. The molecule has 3 nitrogen and oxygen atoms in total. The molecular formula is C9H13NO2. The number of rotatable bonds is 4. The first-order valence-electron chi connectivity index (χ1n) is 4.30. The van der Waals surface area contributed by atoms with E-state index in [1.165, 1.54) is 12.8 Å². The average Bonchev–Trinajstić information content (AvgIpc) is 2.74. The Labute approximate surface area is 71.4 Å². The fourth-order valence-electron chi connectivity index (χ4n) is 1.15. The Bertz CT molecular complexity index is 229. The third-order valence-electron chi connectivity index (χ3n) is 2.11. The molecule has 0 radical (unpaired) electrons. The van der Waals surface area contributed by atoms with E-state index in [0.29, 0.717) is 12.6 Å². The summed E-state index contributed by atoms with van der Waals surface area (Å²) in [5.74, 6) is 0. The van der Waals surface area contributed by atoms with Crippen molar-refractivity contribution in [2.45, 2.75) is 25.0 Å². The summed E-state index contributed by atoms with van der Waals surface area (Å²) in [4.78, 5) is 0. The number of aliphatic hydroxyl groups excluding tert-OH is 1. The van der Waals surface area contributed by atoms with E-state index in [1.54, 1.807) is 18.6 Å². The van der Waals surface area contributed by atoms with E-state index in [1.807, 2.05) is 0 Å². The van der Waals surface area contributed by atoms with Crippen molar-refractivity contribution in [1.29, 1.82) is 0 Å². The molecule has 1 aromatic rings.